The summed E-state index contributed by atoms with van der Waals surface area (Å²) in [5, 5.41) is 3.92. The van der Waals surface area contributed by atoms with E-state index >= 15 is 0 Å². The fourth-order valence-electron chi connectivity index (χ4n) is 2.04. The van der Waals surface area contributed by atoms with Crippen molar-refractivity contribution in [3.05, 3.63) is 70.1 Å². The monoisotopic (exact) mass is 292 g/mol. The zero-order valence-electron chi connectivity index (χ0n) is 9.44. The van der Waals surface area contributed by atoms with Crippen LogP contribution in [0.4, 0.5) is 0 Å². The first kappa shape index (κ1) is 12.0. The molecule has 0 saturated heterocycles. The Balaban J connectivity index is 2.09. The number of benzene rings is 2. The minimum atomic E-state index is -0.153. The molecular weight excluding hydrogens is 283 g/mol. The summed E-state index contributed by atoms with van der Waals surface area (Å²) in [7, 11) is 0. The third-order valence-corrected chi connectivity index (χ3v) is 4.63. The summed E-state index contributed by atoms with van der Waals surface area (Å²) >= 11 is 14.3. The lowest BCUT2D eigenvalue weighted by Gasteiger charge is -2.09. The fraction of sp³-hybridized carbons (Fsp3) is 0.0667. The van der Waals surface area contributed by atoms with Gasteiger partial charge in [-0.2, -0.15) is 0 Å². The van der Waals surface area contributed by atoms with E-state index in [0.29, 0.717) is 0 Å². The molecule has 3 heteroatoms. The minimum absolute atomic E-state index is 0.153. The number of alkyl halides is 1. The zero-order chi connectivity index (χ0) is 12.5. The average molecular weight is 293 g/mol. The Kier molecular flexibility index (Phi) is 3.29. The lowest BCUT2D eigenvalue weighted by atomic mass is 10.0. The van der Waals surface area contributed by atoms with Crippen LogP contribution < -0.4 is 0 Å². The van der Waals surface area contributed by atoms with Crippen LogP contribution in [0.3, 0.4) is 0 Å². The standard InChI is InChI=1S/C15H10Cl2S/c16-11-5-3-4-10(8-11)15(17)13-9-18-14-7-2-1-6-12(13)14/h1-9,15H. The highest BCUT2D eigenvalue weighted by atomic mass is 35.5. The van der Waals surface area contributed by atoms with Gasteiger partial charge in [-0.3, -0.25) is 0 Å². The van der Waals surface area contributed by atoms with E-state index in [1.54, 1.807) is 11.3 Å². The molecule has 1 atom stereocenters. The predicted molar refractivity (Wildman–Crippen MR) is 81.0 cm³/mol. The molecule has 0 N–H and O–H groups in total. The van der Waals surface area contributed by atoms with Crippen molar-refractivity contribution in [3.63, 3.8) is 0 Å². The van der Waals surface area contributed by atoms with E-state index in [4.69, 9.17) is 23.2 Å². The molecule has 0 fully saturated rings. The van der Waals surface area contributed by atoms with Crippen LogP contribution in [0.25, 0.3) is 10.1 Å². The third kappa shape index (κ3) is 2.14. The molecule has 0 spiro atoms. The van der Waals surface area contributed by atoms with Gasteiger partial charge in [0.2, 0.25) is 0 Å². The van der Waals surface area contributed by atoms with E-state index in [-0.39, 0.29) is 5.38 Å². The summed E-state index contributed by atoms with van der Waals surface area (Å²) in [5.41, 5.74) is 2.19. The topological polar surface area (TPSA) is 0 Å². The molecule has 90 valence electrons. The highest BCUT2D eigenvalue weighted by Gasteiger charge is 2.15. The Morgan fingerprint density at radius 1 is 1.00 bits per heavy atom. The molecular formula is C15H10Cl2S. The van der Waals surface area contributed by atoms with Gasteiger partial charge in [-0.05, 0) is 40.1 Å². The normalized spacial score (nSPS) is 12.8. The Morgan fingerprint density at radius 3 is 2.67 bits per heavy atom. The highest BCUT2D eigenvalue weighted by molar-refractivity contribution is 7.17. The van der Waals surface area contributed by atoms with Crippen LogP contribution in [-0.2, 0) is 0 Å². The van der Waals surface area contributed by atoms with Gasteiger partial charge < -0.3 is 0 Å². The summed E-state index contributed by atoms with van der Waals surface area (Å²) in [6.07, 6.45) is 0. The second-order valence-corrected chi connectivity index (χ2v) is 5.89. The van der Waals surface area contributed by atoms with Gasteiger partial charge >= 0.3 is 0 Å². The van der Waals surface area contributed by atoms with Crippen molar-refractivity contribution >= 4 is 44.6 Å². The van der Waals surface area contributed by atoms with Crippen molar-refractivity contribution in [2.24, 2.45) is 0 Å². The van der Waals surface area contributed by atoms with Crippen molar-refractivity contribution in [3.8, 4) is 0 Å². The Bertz CT molecular complexity index is 688. The first-order chi connectivity index (χ1) is 8.75. The molecule has 0 aliphatic heterocycles. The van der Waals surface area contributed by atoms with Gasteiger partial charge in [-0.15, -0.1) is 22.9 Å². The van der Waals surface area contributed by atoms with Crippen LogP contribution in [0, 0.1) is 0 Å². The van der Waals surface area contributed by atoms with Gasteiger partial charge in [0.25, 0.3) is 0 Å². The maximum absolute atomic E-state index is 6.57. The van der Waals surface area contributed by atoms with Crippen LogP contribution in [0.15, 0.2) is 53.9 Å². The van der Waals surface area contributed by atoms with Gasteiger partial charge in [-0.25, -0.2) is 0 Å². The smallest absolute Gasteiger partial charge is 0.0849 e. The maximum Gasteiger partial charge on any atom is 0.0849 e. The number of thiophene rings is 1. The molecule has 1 aromatic heterocycles. The minimum Gasteiger partial charge on any atom is -0.143 e. The Morgan fingerprint density at radius 2 is 1.83 bits per heavy atom. The maximum atomic E-state index is 6.57. The van der Waals surface area contributed by atoms with Gasteiger partial charge in [0.1, 0.15) is 0 Å². The summed E-state index contributed by atoms with van der Waals surface area (Å²) in [4.78, 5) is 0. The lowest BCUT2D eigenvalue weighted by Crippen LogP contribution is -1.91. The van der Waals surface area contributed by atoms with E-state index in [1.165, 1.54) is 10.1 Å². The predicted octanol–water partition coefficient (Wildman–Crippen LogP) is 5.88. The van der Waals surface area contributed by atoms with Gasteiger partial charge in [0.15, 0.2) is 0 Å². The summed E-state index contributed by atoms with van der Waals surface area (Å²) < 4.78 is 1.26. The van der Waals surface area contributed by atoms with Crippen molar-refractivity contribution < 1.29 is 0 Å². The quantitative estimate of drug-likeness (QED) is 0.517. The molecule has 0 bridgehead atoms. The second kappa shape index (κ2) is 4.93. The first-order valence-corrected chi connectivity index (χ1v) is 7.31. The number of fused-ring (bicyclic) bond motifs is 1. The Labute approximate surface area is 120 Å². The lowest BCUT2D eigenvalue weighted by molar-refractivity contribution is 1.17. The molecule has 0 aliphatic carbocycles. The number of hydrogen-bond acceptors (Lipinski definition) is 1. The molecule has 2 aromatic carbocycles. The van der Waals surface area contributed by atoms with Crippen LogP contribution in [-0.4, -0.2) is 0 Å². The summed E-state index contributed by atoms with van der Waals surface area (Å²) in [5.74, 6) is 0. The summed E-state index contributed by atoms with van der Waals surface area (Å²) in [6.45, 7) is 0. The first-order valence-electron chi connectivity index (χ1n) is 5.61. The van der Waals surface area contributed by atoms with Crippen molar-refractivity contribution in [1.29, 1.82) is 0 Å². The third-order valence-electron chi connectivity index (χ3n) is 2.93. The number of rotatable bonds is 2. The van der Waals surface area contributed by atoms with E-state index < -0.39 is 0 Å². The zero-order valence-corrected chi connectivity index (χ0v) is 11.8. The Hall–Kier alpha value is -1.02. The van der Waals surface area contributed by atoms with E-state index in [0.717, 1.165) is 16.1 Å². The molecule has 3 aromatic rings. The SMILES string of the molecule is Clc1cccc(C(Cl)c2csc3ccccc23)c1. The fourth-order valence-corrected chi connectivity index (χ4v) is 3.62. The average Bonchev–Trinajstić information content (AvgIpc) is 2.82. The van der Waals surface area contributed by atoms with Crippen LogP contribution in [0.1, 0.15) is 16.5 Å². The van der Waals surface area contributed by atoms with Crippen LogP contribution in [0.5, 0.6) is 0 Å². The van der Waals surface area contributed by atoms with E-state index in [2.05, 4.69) is 17.5 Å². The van der Waals surface area contributed by atoms with Gasteiger partial charge in [0.05, 0.1) is 5.38 Å². The largest absolute Gasteiger partial charge is 0.143 e. The van der Waals surface area contributed by atoms with Crippen LogP contribution >= 0.6 is 34.5 Å². The molecule has 1 unspecified atom stereocenters. The van der Waals surface area contributed by atoms with E-state index in [9.17, 15) is 0 Å². The second-order valence-electron chi connectivity index (χ2n) is 4.10. The number of halogens is 2. The van der Waals surface area contributed by atoms with E-state index in [1.807, 2.05) is 36.4 Å². The molecule has 3 rings (SSSR count). The number of hydrogen-bond donors (Lipinski definition) is 0. The van der Waals surface area contributed by atoms with Crippen LogP contribution in [0.2, 0.25) is 5.02 Å². The molecule has 0 nitrogen and oxygen atoms in total. The van der Waals surface area contributed by atoms with Gasteiger partial charge in [-0.1, -0.05) is 41.9 Å². The van der Waals surface area contributed by atoms with Crippen molar-refractivity contribution in [2.75, 3.05) is 0 Å². The summed E-state index contributed by atoms with van der Waals surface area (Å²) in [6, 6.07) is 16.0. The molecule has 18 heavy (non-hydrogen) atoms. The van der Waals surface area contributed by atoms with Crippen molar-refractivity contribution in [1.82, 2.24) is 0 Å². The highest BCUT2D eigenvalue weighted by Crippen LogP contribution is 2.37. The molecule has 0 saturated carbocycles. The molecule has 1 heterocycles. The molecule has 0 aliphatic rings. The van der Waals surface area contributed by atoms with Gasteiger partial charge in [0, 0.05) is 9.72 Å². The molecule has 0 radical (unpaired) electrons. The van der Waals surface area contributed by atoms with Crippen molar-refractivity contribution in [2.45, 2.75) is 5.38 Å². The molecule has 0 amide bonds.